The number of nitrogens with zero attached hydrogens (tertiary/aromatic N) is 2. The smallest absolute Gasteiger partial charge is 0.146 e. The maximum absolute atomic E-state index is 6.29. The number of benzene rings is 1. The maximum Gasteiger partial charge on any atom is 0.146 e. The molecule has 4 heteroatoms. The average Bonchev–Trinajstić information content (AvgIpc) is 2.57. The molecular weight excluding hydrogens is 246 g/mol. The van der Waals surface area contributed by atoms with Crippen molar-refractivity contribution in [2.45, 2.75) is 33.1 Å². The van der Waals surface area contributed by atoms with Crippen molar-refractivity contribution >= 4 is 17.4 Å². The minimum atomic E-state index is -0.126. The van der Waals surface area contributed by atoms with Crippen molar-refractivity contribution in [1.82, 2.24) is 9.78 Å². The van der Waals surface area contributed by atoms with Gasteiger partial charge in [0.05, 0.1) is 11.4 Å². The van der Waals surface area contributed by atoms with Crippen LogP contribution in [0.1, 0.15) is 32.0 Å². The van der Waals surface area contributed by atoms with Crippen LogP contribution < -0.4 is 5.73 Å². The van der Waals surface area contributed by atoms with Gasteiger partial charge in [-0.25, -0.2) is 4.68 Å². The van der Waals surface area contributed by atoms with E-state index in [0.29, 0.717) is 10.8 Å². The van der Waals surface area contributed by atoms with Gasteiger partial charge in [0, 0.05) is 5.41 Å². The van der Waals surface area contributed by atoms with Crippen molar-refractivity contribution in [1.29, 1.82) is 0 Å². The Bertz CT molecular complexity index is 579. The molecule has 1 heterocycles. The fourth-order valence-corrected chi connectivity index (χ4v) is 2.28. The zero-order valence-corrected chi connectivity index (χ0v) is 11.9. The van der Waals surface area contributed by atoms with E-state index in [9.17, 15) is 0 Å². The van der Waals surface area contributed by atoms with Crippen molar-refractivity contribution in [3.05, 3.63) is 40.5 Å². The van der Waals surface area contributed by atoms with E-state index in [-0.39, 0.29) is 5.41 Å². The van der Waals surface area contributed by atoms with Gasteiger partial charge in [0.25, 0.3) is 0 Å². The lowest BCUT2D eigenvalue weighted by Crippen LogP contribution is -2.13. The SMILES string of the molecule is Cc1ccccc1-n1nc(C(C)(C)C)c(Cl)c1N. The Morgan fingerprint density at radius 1 is 1.22 bits per heavy atom. The number of halogens is 1. The molecule has 2 N–H and O–H groups in total. The third kappa shape index (κ3) is 2.10. The van der Waals surface area contributed by atoms with Gasteiger partial charge in [-0.1, -0.05) is 50.6 Å². The number of rotatable bonds is 1. The maximum atomic E-state index is 6.29. The molecule has 0 saturated carbocycles. The predicted molar refractivity (Wildman–Crippen MR) is 76.4 cm³/mol. The molecule has 0 radical (unpaired) electrons. The van der Waals surface area contributed by atoms with Crippen molar-refractivity contribution in [3.8, 4) is 5.69 Å². The first-order chi connectivity index (χ1) is 8.32. The quantitative estimate of drug-likeness (QED) is 0.852. The van der Waals surface area contributed by atoms with Gasteiger partial charge < -0.3 is 5.73 Å². The first-order valence-electron chi connectivity index (χ1n) is 5.93. The molecule has 0 fully saturated rings. The van der Waals surface area contributed by atoms with Gasteiger partial charge in [-0.05, 0) is 18.6 Å². The molecule has 0 bridgehead atoms. The molecule has 0 atom stereocenters. The van der Waals surface area contributed by atoms with Gasteiger partial charge >= 0.3 is 0 Å². The second kappa shape index (κ2) is 4.32. The summed E-state index contributed by atoms with van der Waals surface area (Å²) in [5.74, 6) is 0.496. The molecule has 0 aliphatic rings. The molecule has 0 spiro atoms. The number of aromatic nitrogens is 2. The lowest BCUT2D eigenvalue weighted by atomic mass is 9.92. The third-order valence-electron chi connectivity index (χ3n) is 2.92. The van der Waals surface area contributed by atoms with Crippen LogP contribution in [-0.4, -0.2) is 9.78 Å². The Labute approximate surface area is 113 Å². The van der Waals surface area contributed by atoms with E-state index < -0.39 is 0 Å². The number of hydrogen-bond donors (Lipinski definition) is 1. The largest absolute Gasteiger partial charge is 0.382 e. The van der Waals surface area contributed by atoms with E-state index in [2.05, 4.69) is 25.9 Å². The summed E-state index contributed by atoms with van der Waals surface area (Å²) in [6.07, 6.45) is 0. The van der Waals surface area contributed by atoms with Gasteiger partial charge in [-0.3, -0.25) is 0 Å². The summed E-state index contributed by atoms with van der Waals surface area (Å²) < 4.78 is 1.72. The number of aryl methyl sites for hydroxylation is 1. The summed E-state index contributed by atoms with van der Waals surface area (Å²) in [6, 6.07) is 7.97. The molecule has 96 valence electrons. The Morgan fingerprint density at radius 3 is 2.33 bits per heavy atom. The van der Waals surface area contributed by atoms with Gasteiger partial charge in [-0.2, -0.15) is 5.10 Å². The molecule has 18 heavy (non-hydrogen) atoms. The summed E-state index contributed by atoms with van der Waals surface area (Å²) in [7, 11) is 0. The Hall–Kier alpha value is -1.48. The van der Waals surface area contributed by atoms with Gasteiger partial charge in [0.1, 0.15) is 10.8 Å². The van der Waals surface area contributed by atoms with Crippen LogP contribution >= 0.6 is 11.6 Å². The topological polar surface area (TPSA) is 43.8 Å². The van der Waals surface area contributed by atoms with Crippen molar-refractivity contribution in [2.24, 2.45) is 0 Å². The van der Waals surface area contributed by atoms with Gasteiger partial charge in [0.15, 0.2) is 0 Å². The Kier molecular flexibility index (Phi) is 3.11. The predicted octanol–water partition coefficient (Wildman–Crippen LogP) is 3.71. The summed E-state index contributed by atoms with van der Waals surface area (Å²) in [5.41, 5.74) is 8.85. The van der Waals surface area contributed by atoms with Gasteiger partial charge in [-0.15, -0.1) is 0 Å². The third-order valence-corrected chi connectivity index (χ3v) is 3.29. The molecule has 0 saturated heterocycles. The summed E-state index contributed by atoms with van der Waals surface area (Å²) >= 11 is 6.29. The van der Waals surface area contributed by atoms with Crippen LogP contribution in [0.4, 0.5) is 5.82 Å². The zero-order valence-electron chi connectivity index (χ0n) is 11.2. The van der Waals surface area contributed by atoms with Crippen LogP contribution in [0.5, 0.6) is 0 Å². The Balaban J connectivity index is 2.65. The summed E-state index contributed by atoms with van der Waals surface area (Å²) in [5, 5.41) is 5.12. The highest BCUT2D eigenvalue weighted by atomic mass is 35.5. The highest BCUT2D eigenvalue weighted by Gasteiger charge is 2.25. The molecule has 0 unspecified atom stereocenters. The van der Waals surface area contributed by atoms with Crippen molar-refractivity contribution < 1.29 is 0 Å². The van der Waals surface area contributed by atoms with E-state index in [0.717, 1.165) is 16.9 Å². The van der Waals surface area contributed by atoms with Gasteiger partial charge in [0.2, 0.25) is 0 Å². The second-order valence-corrected chi connectivity index (χ2v) is 5.87. The lowest BCUT2D eigenvalue weighted by Gasteiger charge is -2.15. The molecular formula is C14H18ClN3. The molecule has 0 aliphatic carbocycles. The first-order valence-corrected chi connectivity index (χ1v) is 6.30. The van der Waals surface area contributed by atoms with Crippen LogP contribution in [0.3, 0.4) is 0 Å². The van der Waals surface area contributed by atoms with E-state index >= 15 is 0 Å². The monoisotopic (exact) mass is 263 g/mol. The van der Waals surface area contributed by atoms with E-state index in [4.69, 9.17) is 17.3 Å². The Morgan fingerprint density at radius 2 is 1.83 bits per heavy atom. The van der Waals surface area contributed by atoms with Crippen molar-refractivity contribution in [2.75, 3.05) is 5.73 Å². The molecule has 0 amide bonds. The lowest BCUT2D eigenvalue weighted by molar-refractivity contribution is 0.560. The zero-order chi connectivity index (χ0) is 13.5. The van der Waals surface area contributed by atoms with E-state index in [1.165, 1.54) is 0 Å². The summed E-state index contributed by atoms with van der Waals surface area (Å²) in [6.45, 7) is 8.25. The number of anilines is 1. The highest BCUT2D eigenvalue weighted by molar-refractivity contribution is 6.33. The molecule has 2 aromatic rings. The van der Waals surface area contributed by atoms with Crippen molar-refractivity contribution in [3.63, 3.8) is 0 Å². The fraction of sp³-hybridized carbons (Fsp3) is 0.357. The summed E-state index contributed by atoms with van der Waals surface area (Å²) in [4.78, 5) is 0. The molecule has 2 rings (SSSR count). The molecule has 1 aromatic carbocycles. The van der Waals surface area contributed by atoms with Crippen LogP contribution in [-0.2, 0) is 5.41 Å². The number of para-hydroxylation sites is 1. The molecule has 3 nitrogen and oxygen atoms in total. The number of hydrogen-bond acceptors (Lipinski definition) is 2. The highest BCUT2D eigenvalue weighted by Crippen LogP contribution is 2.34. The fourth-order valence-electron chi connectivity index (χ4n) is 1.88. The molecule has 1 aromatic heterocycles. The first kappa shape index (κ1) is 13.0. The minimum absolute atomic E-state index is 0.126. The second-order valence-electron chi connectivity index (χ2n) is 5.50. The van der Waals surface area contributed by atoms with E-state index in [1.807, 2.05) is 31.2 Å². The number of nitrogens with two attached hydrogens (primary N) is 1. The number of nitrogen functional groups attached to an aromatic ring is 1. The van der Waals surface area contributed by atoms with Crippen LogP contribution in [0, 0.1) is 6.92 Å². The van der Waals surface area contributed by atoms with Crippen LogP contribution in [0.15, 0.2) is 24.3 Å². The normalized spacial score (nSPS) is 11.8. The van der Waals surface area contributed by atoms with Crippen LogP contribution in [0.25, 0.3) is 5.69 Å². The molecule has 0 aliphatic heterocycles. The van der Waals surface area contributed by atoms with Crippen LogP contribution in [0.2, 0.25) is 5.02 Å². The minimum Gasteiger partial charge on any atom is -0.382 e. The average molecular weight is 264 g/mol. The van der Waals surface area contributed by atoms with E-state index in [1.54, 1.807) is 4.68 Å². The standard InChI is InChI=1S/C14H18ClN3/c1-9-7-5-6-8-10(9)18-13(16)11(15)12(17-18)14(2,3)4/h5-8H,16H2,1-4H3.